The number of benzene rings is 2. The lowest BCUT2D eigenvalue weighted by atomic mass is 10.0. The summed E-state index contributed by atoms with van der Waals surface area (Å²) in [7, 11) is 0. The molecule has 0 fully saturated rings. The molecule has 0 aromatic heterocycles. The number of nitrogens with zero attached hydrogens (tertiary/aromatic N) is 1. The van der Waals surface area contributed by atoms with Gasteiger partial charge in [0.25, 0.3) is 0 Å². The minimum Gasteiger partial charge on any atom is -0.410 e. The number of carbonyl (C=O) groups excluding carboxylic acids is 1. The maximum Gasteiger partial charge on any atom is 0.412 e. The summed E-state index contributed by atoms with van der Waals surface area (Å²) in [6.45, 7) is 4.75. The van der Waals surface area contributed by atoms with Crippen LogP contribution in [0.2, 0.25) is 0 Å². The SMILES string of the molecule is CCCCCCNC(=O)Oc1ccc2c(c1)N(Cc1ccccc1)CCC2. The lowest BCUT2D eigenvalue weighted by molar-refractivity contribution is 0.200. The van der Waals surface area contributed by atoms with Crippen molar-refractivity contribution in [3.63, 3.8) is 0 Å². The van der Waals surface area contributed by atoms with Gasteiger partial charge in [0.15, 0.2) is 0 Å². The number of nitrogens with one attached hydrogen (secondary N) is 1. The number of carbonyl (C=O) groups is 1. The van der Waals surface area contributed by atoms with Crippen LogP contribution in [0.3, 0.4) is 0 Å². The first-order valence-electron chi connectivity index (χ1n) is 10.1. The fourth-order valence-electron chi connectivity index (χ4n) is 3.55. The van der Waals surface area contributed by atoms with E-state index in [0.29, 0.717) is 12.3 Å². The molecule has 3 rings (SSSR count). The molecule has 144 valence electrons. The number of hydrogen-bond acceptors (Lipinski definition) is 3. The molecule has 1 heterocycles. The van der Waals surface area contributed by atoms with Crippen molar-refractivity contribution in [1.82, 2.24) is 5.32 Å². The zero-order valence-electron chi connectivity index (χ0n) is 16.2. The van der Waals surface area contributed by atoms with Gasteiger partial charge in [-0.25, -0.2) is 4.79 Å². The second kappa shape index (κ2) is 10.0. The number of anilines is 1. The van der Waals surface area contributed by atoms with Crippen LogP contribution in [0.15, 0.2) is 48.5 Å². The van der Waals surface area contributed by atoms with Crippen LogP contribution in [0.4, 0.5) is 10.5 Å². The topological polar surface area (TPSA) is 41.6 Å². The van der Waals surface area contributed by atoms with Crippen molar-refractivity contribution in [2.24, 2.45) is 0 Å². The fourth-order valence-corrected chi connectivity index (χ4v) is 3.55. The third kappa shape index (κ3) is 5.75. The first kappa shape index (κ1) is 19.3. The van der Waals surface area contributed by atoms with Crippen molar-refractivity contribution < 1.29 is 9.53 Å². The molecule has 0 atom stereocenters. The van der Waals surface area contributed by atoms with Crippen molar-refractivity contribution in [1.29, 1.82) is 0 Å². The highest BCUT2D eigenvalue weighted by molar-refractivity contribution is 5.71. The zero-order chi connectivity index (χ0) is 18.9. The molecule has 1 aliphatic rings. The molecule has 0 spiro atoms. The predicted octanol–water partition coefficient (Wildman–Crippen LogP) is 5.31. The van der Waals surface area contributed by atoms with Crippen LogP contribution < -0.4 is 15.0 Å². The highest BCUT2D eigenvalue weighted by Gasteiger charge is 2.18. The maximum absolute atomic E-state index is 12.0. The van der Waals surface area contributed by atoms with Crippen molar-refractivity contribution in [3.05, 3.63) is 59.7 Å². The van der Waals surface area contributed by atoms with Crippen LogP contribution in [-0.4, -0.2) is 19.2 Å². The lowest BCUT2D eigenvalue weighted by Crippen LogP contribution is -2.30. The summed E-state index contributed by atoms with van der Waals surface area (Å²) in [5.74, 6) is 0.611. The summed E-state index contributed by atoms with van der Waals surface area (Å²) in [5, 5.41) is 2.85. The molecule has 4 heteroatoms. The van der Waals surface area contributed by atoms with Crippen molar-refractivity contribution in [2.45, 2.75) is 52.0 Å². The Morgan fingerprint density at radius 2 is 1.96 bits per heavy atom. The van der Waals surface area contributed by atoms with E-state index in [2.05, 4.69) is 47.5 Å². The summed E-state index contributed by atoms with van der Waals surface area (Å²) in [6.07, 6.45) is 6.40. The molecule has 1 aliphatic heterocycles. The number of ether oxygens (including phenoxy) is 1. The summed E-state index contributed by atoms with van der Waals surface area (Å²) < 4.78 is 5.51. The van der Waals surface area contributed by atoms with E-state index in [1.165, 1.54) is 29.7 Å². The molecule has 0 unspecified atom stereocenters. The second-order valence-electron chi connectivity index (χ2n) is 7.18. The number of rotatable bonds is 8. The summed E-state index contributed by atoms with van der Waals surface area (Å²) >= 11 is 0. The van der Waals surface area contributed by atoms with Gasteiger partial charge in [0.1, 0.15) is 5.75 Å². The van der Waals surface area contributed by atoms with Gasteiger partial charge >= 0.3 is 6.09 Å². The molecular formula is C23H30N2O2. The van der Waals surface area contributed by atoms with E-state index in [4.69, 9.17) is 4.74 Å². The largest absolute Gasteiger partial charge is 0.412 e. The Kier molecular flexibility index (Phi) is 7.14. The quantitative estimate of drug-likeness (QED) is 0.644. The number of aryl methyl sites for hydroxylation is 1. The van der Waals surface area contributed by atoms with E-state index in [1.807, 2.05) is 18.2 Å². The van der Waals surface area contributed by atoms with Crippen LogP contribution >= 0.6 is 0 Å². The van der Waals surface area contributed by atoms with Gasteiger partial charge < -0.3 is 15.0 Å². The monoisotopic (exact) mass is 366 g/mol. The van der Waals surface area contributed by atoms with Gasteiger partial charge in [-0.05, 0) is 36.5 Å². The van der Waals surface area contributed by atoms with E-state index in [-0.39, 0.29) is 6.09 Å². The average Bonchev–Trinajstić information content (AvgIpc) is 2.69. The number of amides is 1. The Morgan fingerprint density at radius 1 is 1.11 bits per heavy atom. The van der Waals surface area contributed by atoms with E-state index in [0.717, 1.165) is 38.8 Å². The third-order valence-corrected chi connectivity index (χ3v) is 5.00. The Morgan fingerprint density at radius 3 is 2.78 bits per heavy atom. The average molecular weight is 367 g/mol. The van der Waals surface area contributed by atoms with E-state index < -0.39 is 0 Å². The van der Waals surface area contributed by atoms with Gasteiger partial charge in [0.05, 0.1) is 0 Å². The first-order chi connectivity index (χ1) is 13.3. The molecule has 0 saturated carbocycles. The minimum atomic E-state index is -0.364. The summed E-state index contributed by atoms with van der Waals surface area (Å²) in [4.78, 5) is 14.4. The highest BCUT2D eigenvalue weighted by atomic mass is 16.6. The van der Waals surface area contributed by atoms with Crippen molar-refractivity contribution in [2.75, 3.05) is 18.0 Å². The minimum absolute atomic E-state index is 0.364. The van der Waals surface area contributed by atoms with Gasteiger partial charge in [0.2, 0.25) is 0 Å². The molecule has 0 aliphatic carbocycles. The molecule has 0 bridgehead atoms. The number of hydrogen-bond donors (Lipinski definition) is 1. The Bertz CT molecular complexity index is 730. The maximum atomic E-state index is 12.0. The van der Waals surface area contributed by atoms with Gasteiger partial charge in [-0.15, -0.1) is 0 Å². The smallest absolute Gasteiger partial charge is 0.410 e. The zero-order valence-corrected chi connectivity index (χ0v) is 16.2. The van der Waals surface area contributed by atoms with Crippen molar-refractivity contribution in [3.8, 4) is 5.75 Å². The Hall–Kier alpha value is -2.49. The number of fused-ring (bicyclic) bond motifs is 1. The number of unbranched alkanes of at least 4 members (excludes halogenated alkanes) is 3. The molecule has 1 N–H and O–H groups in total. The summed E-state index contributed by atoms with van der Waals surface area (Å²) in [5.41, 5.74) is 3.80. The van der Waals surface area contributed by atoms with Crippen LogP contribution in [0.1, 0.15) is 50.2 Å². The van der Waals surface area contributed by atoms with Crippen LogP contribution in [0, 0.1) is 0 Å². The van der Waals surface area contributed by atoms with Gasteiger partial charge in [-0.1, -0.05) is 62.6 Å². The molecule has 27 heavy (non-hydrogen) atoms. The lowest BCUT2D eigenvalue weighted by Gasteiger charge is -2.31. The van der Waals surface area contributed by atoms with Crippen molar-refractivity contribution >= 4 is 11.8 Å². The fraction of sp³-hybridized carbons (Fsp3) is 0.435. The molecule has 0 saturated heterocycles. The van der Waals surface area contributed by atoms with Gasteiger partial charge in [0, 0.05) is 31.4 Å². The predicted molar refractivity (Wildman–Crippen MR) is 110 cm³/mol. The van der Waals surface area contributed by atoms with Crippen LogP contribution in [0.5, 0.6) is 5.75 Å². The molecule has 1 amide bonds. The molecule has 2 aromatic carbocycles. The normalized spacial score (nSPS) is 13.1. The standard InChI is InChI=1S/C23H30N2O2/c1-2-3-4-8-15-24-23(26)27-21-14-13-20-12-9-16-25(22(20)17-21)18-19-10-6-5-7-11-19/h5-7,10-11,13-14,17H,2-4,8-9,12,15-16,18H2,1H3,(H,24,26). The van der Waals surface area contributed by atoms with E-state index in [9.17, 15) is 4.79 Å². The van der Waals surface area contributed by atoms with E-state index in [1.54, 1.807) is 0 Å². The Balaban J connectivity index is 1.60. The second-order valence-corrected chi connectivity index (χ2v) is 7.18. The Labute approximate surface area is 162 Å². The molecule has 4 nitrogen and oxygen atoms in total. The summed E-state index contributed by atoms with van der Waals surface area (Å²) in [6, 6.07) is 16.5. The van der Waals surface area contributed by atoms with E-state index >= 15 is 0 Å². The molecular weight excluding hydrogens is 336 g/mol. The van der Waals surface area contributed by atoms with Gasteiger partial charge in [-0.3, -0.25) is 0 Å². The highest BCUT2D eigenvalue weighted by Crippen LogP contribution is 2.32. The van der Waals surface area contributed by atoms with Gasteiger partial charge in [-0.2, -0.15) is 0 Å². The molecule has 2 aromatic rings. The van der Waals surface area contributed by atoms with Crippen LogP contribution in [-0.2, 0) is 13.0 Å². The molecule has 0 radical (unpaired) electrons. The first-order valence-corrected chi connectivity index (χ1v) is 10.1. The van der Waals surface area contributed by atoms with Crippen LogP contribution in [0.25, 0.3) is 0 Å². The third-order valence-electron chi connectivity index (χ3n) is 5.00.